The van der Waals surface area contributed by atoms with Gasteiger partial charge in [0.1, 0.15) is 17.5 Å². The quantitative estimate of drug-likeness (QED) is 0.103. The van der Waals surface area contributed by atoms with Crippen LogP contribution < -0.4 is 10.6 Å². The van der Waals surface area contributed by atoms with E-state index in [4.69, 9.17) is 13.9 Å². The Bertz CT molecular complexity index is 2120. The zero-order chi connectivity index (χ0) is 39.7. The van der Waals surface area contributed by atoms with E-state index in [1.165, 1.54) is 12.0 Å². The van der Waals surface area contributed by atoms with Gasteiger partial charge in [-0.3, -0.25) is 9.59 Å². The minimum absolute atomic E-state index is 0.232. The van der Waals surface area contributed by atoms with Crippen molar-refractivity contribution in [3.8, 4) is 22.8 Å². The molecule has 0 aliphatic heterocycles. The zero-order valence-electron chi connectivity index (χ0n) is 32.4. The molecule has 0 unspecified atom stereocenters. The monoisotopic (exact) mass is 751 g/mol. The maximum atomic E-state index is 13.7. The molecule has 0 aliphatic carbocycles. The topological polar surface area (TPSA) is 172 Å². The lowest BCUT2D eigenvalue weighted by atomic mass is 10.1. The third-order valence-electron chi connectivity index (χ3n) is 8.53. The number of carbonyl (C=O) groups is 4. The summed E-state index contributed by atoms with van der Waals surface area (Å²) in [5, 5.41) is 5.55. The van der Waals surface area contributed by atoms with Crippen molar-refractivity contribution in [2.45, 2.75) is 72.6 Å². The molecule has 5 aromatic rings. The van der Waals surface area contributed by atoms with Crippen LogP contribution in [0.5, 0.6) is 0 Å². The summed E-state index contributed by atoms with van der Waals surface area (Å²) in [4.78, 5) is 67.7. The summed E-state index contributed by atoms with van der Waals surface area (Å²) >= 11 is 0. The van der Waals surface area contributed by atoms with Crippen molar-refractivity contribution in [3.63, 3.8) is 0 Å². The number of amides is 4. The van der Waals surface area contributed by atoms with Crippen LogP contribution in [0.1, 0.15) is 70.5 Å². The van der Waals surface area contributed by atoms with Gasteiger partial charge in [-0.1, -0.05) is 56.3 Å². The molecule has 290 valence electrons. The lowest BCUT2D eigenvalue weighted by Crippen LogP contribution is -2.46. The van der Waals surface area contributed by atoms with Crippen molar-refractivity contribution in [1.29, 1.82) is 0 Å². The highest BCUT2D eigenvalue weighted by atomic mass is 16.6. The van der Waals surface area contributed by atoms with Crippen LogP contribution in [-0.4, -0.2) is 81.1 Å². The number of imidazole rings is 1. The van der Waals surface area contributed by atoms with E-state index in [1.807, 2.05) is 77.9 Å². The molecular formula is C41H49N7O7. The molecule has 2 heterocycles. The van der Waals surface area contributed by atoms with Gasteiger partial charge in [-0.25, -0.2) is 19.6 Å². The fraction of sp³-hybridized carbons (Fsp3) is 0.366. The van der Waals surface area contributed by atoms with Crippen LogP contribution in [0.25, 0.3) is 33.8 Å². The third kappa shape index (κ3) is 10.5. The molecule has 0 aliphatic rings. The van der Waals surface area contributed by atoms with Gasteiger partial charge in [0.2, 0.25) is 17.7 Å². The van der Waals surface area contributed by atoms with Gasteiger partial charge in [0.15, 0.2) is 5.76 Å². The summed E-state index contributed by atoms with van der Waals surface area (Å²) in [6.45, 7) is 12.2. The highest BCUT2D eigenvalue weighted by Crippen LogP contribution is 2.31. The average molecular weight is 752 g/mol. The van der Waals surface area contributed by atoms with Crippen LogP contribution >= 0.6 is 0 Å². The van der Waals surface area contributed by atoms with E-state index < -0.39 is 35.6 Å². The van der Waals surface area contributed by atoms with Gasteiger partial charge in [-0.15, -0.1) is 0 Å². The van der Waals surface area contributed by atoms with E-state index in [1.54, 1.807) is 41.4 Å². The Morgan fingerprint density at radius 3 is 2.33 bits per heavy atom. The molecule has 1 atom stereocenters. The highest BCUT2D eigenvalue weighted by Gasteiger charge is 2.29. The Kier molecular flexibility index (Phi) is 12.9. The van der Waals surface area contributed by atoms with Gasteiger partial charge in [-0.05, 0) is 75.9 Å². The normalized spacial score (nSPS) is 11.8. The second-order valence-corrected chi connectivity index (χ2v) is 14.2. The predicted molar refractivity (Wildman–Crippen MR) is 209 cm³/mol. The summed E-state index contributed by atoms with van der Waals surface area (Å²) in [6.07, 6.45) is 1.85. The molecule has 0 bridgehead atoms. The Morgan fingerprint density at radius 2 is 1.64 bits per heavy atom. The third-order valence-corrected chi connectivity index (χ3v) is 8.53. The van der Waals surface area contributed by atoms with Crippen molar-refractivity contribution < 1.29 is 33.1 Å². The van der Waals surface area contributed by atoms with Crippen LogP contribution in [0.4, 0.5) is 15.3 Å². The first-order valence-electron chi connectivity index (χ1n) is 18.3. The van der Waals surface area contributed by atoms with Crippen LogP contribution in [0.2, 0.25) is 0 Å². The number of methoxy groups -OCH3 is 1. The van der Waals surface area contributed by atoms with E-state index in [0.29, 0.717) is 53.8 Å². The molecule has 0 saturated heterocycles. The van der Waals surface area contributed by atoms with E-state index in [-0.39, 0.29) is 13.1 Å². The number of aromatic amines is 1. The van der Waals surface area contributed by atoms with Crippen molar-refractivity contribution in [1.82, 2.24) is 30.1 Å². The summed E-state index contributed by atoms with van der Waals surface area (Å²) in [5.74, 6) is 0.678. The Balaban J connectivity index is 1.29. The number of H-pyrrole nitrogens is 1. The van der Waals surface area contributed by atoms with E-state index in [0.717, 1.165) is 28.6 Å². The van der Waals surface area contributed by atoms with E-state index >= 15 is 0 Å². The number of nitrogens with zero attached hydrogens (tertiary/aromatic N) is 4. The molecular weight excluding hydrogens is 702 g/mol. The van der Waals surface area contributed by atoms with Gasteiger partial charge < -0.3 is 39.3 Å². The van der Waals surface area contributed by atoms with Crippen molar-refractivity contribution in [2.24, 2.45) is 0 Å². The second kappa shape index (κ2) is 17.8. The molecule has 0 saturated carbocycles. The summed E-state index contributed by atoms with van der Waals surface area (Å²) < 4.78 is 16.6. The number of fused-ring (bicyclic) bond motifs is 1. The number of aromatic nitrogens is 3. The van der Waals surface area contributed by atoms with Crippen molar-refractivity contribution >= 4 is 40.7 Å². The minimum atomic E-state index is -1.03. The molecule has 5 rings (SSSR count). The summed E-state index contributed by atoms with van der Waals surface area (Å²) in [5.41, 5.74) is 4.24. The fourth-order valence-electron chi connectivity index (χ4n) is 5.93. The minimum Gasteiger partial charge on any atom is -0.453 e. The molecule has 3 aromatic carbocycles. The number of oxazole rings is 1. The SMILES string of the molecule is CCCN(Cc1nc2ccc(-c3ncc(-c4ccc(C)c(NC(=O)CN(CCC)C(=O)[C@H](NC(=O)OC)c5ccccc5)c4)o3)cc2[nH]1)C(=O)OC(C)(C)C. The number of ether oxygens (including phenoxy) is 2. The molecule has 55 heavy (non-hydrogen) atoms. The smallest absolute Gasteiger partial charge is 0.410 e. The van der Waals surface area contributed by atoms with Gasteiger partial charge >= 0.3 is 12.2 Å². The van der Waals surface area contributed by atoms with Crippen LogP contribution in [0, 0.1) is 6.92 Å². The lowest BCUT2D eigenvalue weighted by molar-refractivity contribution is -0.136. The fourth-order valence-corrected chi connectivity index (χ4v) is 5.93. The number of nitrogens with one attached hydrogen (secondary N) is 3. The summed E-state index contributed by atoms with van der Waals surface area (Å²) in [6, 6.07) is 19.0. The number of rotatable bonds is 14. The van der Waals surface area contributed by atoms with E-state index in [9.17, 15) is 19.2 Å². The molecule has 14 nitrogen and oxygen atoms in total. The molecule has 0 radical (unpaired) electrons. The van der Waals surface area contributed by atoms with Crippen molar-refractivity contribution in [3.05, 3.63) is 89.9 Å². The van der Waals surface area contributed by atoms with Gasteiger partial charge in [0, 0.05) is 29.9 Å². The molecule has 0 fully saturated rings. The van der Waals surface area contributed by atoms with Gasteiger partial charge in [0.05, 0.1) is 37.4 Å². The number of anilines is 1. The molecule has 4 amide bonds. The number of aryl methyl sites for hydroxylation is 1. The number of hydrogen-bond donors (Lipinski definition) is 3. The maximum absolute atomic E-state index is 13.7. The zero-order valence-corrected chi connectivity index (χ0v) is 32.4. The highest BCUT2D eigenvalue weighted by molar-refractivity contribution is 5.97. The standard InChI is InChI=1S/C41H49N7O7/c1-8-19-47(38(50)36(46-39(51)53-7)27-13-11-10-12-14-27)25-35(49)45-31-21-28(16-15-26(31)3)33-23-42-37(54-33)29-17-18-30-32(22-29)44-34(43-30)24-48(20-9-2)40(52)55-41(4,5)6/h10-18,21-23,36H,8-9,19-20,24-25H2,1-7H3,(H,43,44)(H,45,49)(H,46,51)/t36-/m1/s1. The number of alkyl carbamates (subject to hydrolysis) is 1. The second-order valence-electron chi connectivity index (χ2n) is 14.2. The first-order chi connectivity index (χ1) is 26.3. The molecule has 0 spiro atoms. The Hall–Kier alpha value is -6.18. The van der Waals surface area contributed by atoms with Crippen molar-refractivity contribution in [2.75, 3.05) is 32.1 Å². The first kappa shape index (κ1) is 40.0. The number of hydrogen-bond acceptors (Lipinski definition) is 9. The Labute approximate surface area is 320 Å². The first-order valence-corrected chi connectivity index (χ1v) is 18.3. The van der Waals surface area contributed by atoms with Crippen LogP contribution in [0.15, 0.2) is 77.3 Å². The predicted octanol–water partition coefficient (Wildman–Crippen LogP) is 7.61. The number of carbonyl (C=O) groups excluding carboxylic acids is 4. The largest absolute Gasteiger partial charge is 0.453 e. The lowest BCUT2D eigenvalue weighted by Gasteiger charge is -2.27. The molecule has 14 heteroatoms. The van der Waals surface area contributed by atoms with Gasteiger partial charge in [0.25, 0.3) is 0 Å². The van der Waals surface area contributed by atoms with Crippen LogP contribution in [-0.2, 0) is 25.6 Å². The molecule has 3 N–H and O–H groups in total. The maximum Gasteiger partial charge on any atom is 0.410 e. The van der Waals surface area contributed by atoms with Gasteiger partial charge in [-0.2, -0.15) is 0 Å². The van der Waals surface area contributed by atoms with E-state index in [2.05, 4.69) is 25.6 Å². The Morgan fingerprint density at radius 1 is 0.927 bits per heavy atom. The average Bonchev–Trinajstić information content (AvgIpc) is 3.81. The summed E-state index contributed by atoms with van der Waals surface area (Å²) in [7, 11) is 1.23. The van der Waals surface area contributed by atoms with Crippen LogP contribution in [0.3, 0.4) is 0 Å². The number of benzene rings is 3. The molecule has 2 aromatic heterocycles.